The largest absolute Gasteiger partial charge is 0.396 e. The molecule has 0 saturated heterocycles. The van der Waals surface area contributed by atoms with Gasteiger partial charge in [0.25, 0.3) is 0 Å². The van der Waals surface area contributed by atoms with Gasteiger partial charge in [0.2, 0.25) is 0 Å². The van der Waals surface area contributed by atoms with Crippen LogP contribution in [0.2, 0.25) is 0 Å². The third kappa shape index (κ3) is 2.81. The zero-order chi connectivity index (χ0) is 21.4. The minimum atomic E-state index is -0.820. The summed E-state index contributed by atoms with van der Waals surface area (Å²) in [5.41, 5.74) is 1.40. The molecule has 7 atom stereocenters. The Morgan fingerprint density at radius 1 is 1.26 bits per heavy atom. The van der Waals surface area contributed by atoms with Gasteiger partial charge in [-0.15, -0.1) is 0 Å². The van der Waals surface area contributed by atoms with E-state index >= 15 is 0 Å². The smallest absolute Gasteiger partial charge is 0.129 e. The fourth-order valence-electron chi connectivity index (χ4n) is 7.95. The minimum absolute atomic E-state index is 0.00147. The van der Waals surface area contributed by atoms with Crippen LogP contribution >= 0.6 is 0 Å². The van der Waals surface area contributed by atoms with Crippen molar-refractivity contribution < 1.29 is 19.7 Å². The number of hydrogen-bond acceptors (Lipinski definition) is 4. The van der Waals surface area contributed by atoms with Crippen LogP contribution in [0.5, 0.6) is 0 Å². The molecule has 3 bridgehead atoms. The van der Waals surface area contributed by atoms with E-state index in [1.807, 2.05) is 10.6 Å². The first-order valence-electron chi connectivity index (χ1n) is 11.8. The van der Waals surface area contributed by atoms with Gasteiger partial charge >= 0.3 is 0 Å². The van der Waals surface area contributed by atoms with Gasteiger partial charge in [0.05, 0.1) is 36.0 Å². The van der Waals surface area contributed by atoms with Crippen LogP contribution in [0.25, 0.3) is 11.3 Å². The topological polar surface area (TPSA) is 78.5 Å². The van der Waals surface area contributed by atoms with Crippen LogP contribution in [0.3, 0.4) is 0 Å². The summed E-state index contributed by atoms with van der Waals surface area (Å²) in [5, 5.41) is 32.6. The second-order valence-corrected chi connectivity index (χ2v) is 10.7. The quantitative estimate of drug-likeness (QED) is 0.682. The van der Waals surface area contributed by atoms with Crippen LogP contribution in [0, 0.1) is 29.0 Å². The van der Waals surface area contributed by atoms with E-state index in [4.69, 9.17) is 0 Å². The molecule has 0 radical (unpaired) electrons. The van der Waals surface area contributed by atoms with E-state index in [1.165, 1.54) is 6.07 Å². The minimum Gasteiger partial charge on any atom is -0.396 e. The van der Waals surface area contributed by atoms with Gasteiger partial charge < -0.3 is 19.9 Å². The Labute approximate surface area is 181 Å². The predicted molar refractivity (Wildman–Crippen MR) is 114 cm³/mol. The maximum Gasteiger partial charge on any atom is 0.129 e. The van der Waals surface area contributed by atoms with Crippen LogP contribution in [0.15, 0.2) is 30.7 Å². The monoisotopic (exact) mass is 426 g/mol. The zero-order valence-electron chi connectivity index (χ0n) is 17.8. The molecule has 6 rings (SSSR count). The third-order valence-corrected chi connectivity index (χ3v) is 9.23. The van der Waals surface area contributed by atoms with Crippen molar-refractivity contribution in [1.29, 1.82) is 0 Å². The van der Waals surface area contributed by atoms with Crippen molar-refractivity contribution in [2.45, 2.75) is 69.1 Å². The molecule has 1 aromatic carbocycles. The molecule has 1 aromatic heterocycles. The summed E-state index contributed by atoms with van der Waals surface area (Å²) in [4.78, 5) is 4.28. The molecule has 0 spiro atoms. The molecule has 3 aliphatic carbocycles. The van der Waals surface area contributed by atoms with Crippen LogP contribution in [-0.2, 0) is 0 Å². The van der Waals surface area contributed by atoms with E-state index in [9.17, 15) is 19.7 Å². The van der Waals surface area contributed by atoms with Crippen molar-refractivity contribution in [3.8, 4) is 11.3 Å². The maximum absolute atomic E-state index is 14.9. The first kappa shape index (κ1) is 19.9. The van der Waals surface area contributed by atoms with E-state index in [0.29, 0.717) is 30.2 Å². The van der Waals surface area contributed by atoms with Crippen molar-refractivity contribution in [2.75, 3.05) is 6.61 Å². The molecular formula is C25H31FN2O3. The number of aromatic nitrogens is 2. The zero-order valence-corrected chi connectivity index (χ0v) is 17.8. The van der Waals surface area contributed by atoms with Crippen LogP contribution in [0.4, 0.5) is 4.39 Å². The lowest BCUT2D eigenvalue weighted by Gasteiger charge is -2.43. The highest BCUT2D eigenvalue weighted by atomic mass is 19.1. The number of fused-ring (bicyclic) bond motifs is 5. The molecular weight excluding hydrogens is 395 g/mol. The molecule has 166 valence electrons. The highest BCUT2D eigenvalue weighted by Crippen LogP contribution is 2.64. The van der Waals surface area contributed by atoms with Crippen molar-refractivity contribution >= 4 is 0 Å². The summed E-state index contributed by atoms with van der Waals surface area (Å²) in [6.07, 6.45) is 9.40. The lowest BCUT2D eigenvalue weighted by atomic mass is 9.65. The van der Waals surface area contributed by atoms with Gasteiger partial charge in [-0.2, -0.15) is 0 Å². The SMILES string of the molecule is OCCC1(O)CCC2CC3CC(C(O)CC4c5c(F)cccc5-c5cncn54)(C2)CC31. The first-order chi connectivity index (χ1) is 14.9. The highest BCUT2D eigenvalue weighted by molar-refractivity contribution is 5.69. The fourth-order valence-corrected chi connectivity index (χ4v) is 7.95. The molecule has 0 amide bonds. The molecule has 7 unspecified atom stereocenters. The van der Waals surface area contributed by atoms with Gasteiger partial charge in [-0.3, -0.25) is 0 Å². The normalized spacial score (nSPS) is 38.7. The summed E-state index contributed by atoms with van der Waals surface area (Å²) in [6.45, 7) is 0.00147. The molecule has 4 aliphatic rings. The van der Waals surface area contributed by atoms with Gasteiger partial charge in [0.15, 0.2) is 0 Å². The first-order valence-corrected chi connectivity index (χ1v) is 11.8. The van der Waals surface area contributed by atoms with Crippen molar-refractivity contribution in [3.63, 3.8) is 0 Å². The van der Waals surface area contributed by atoms with E-state index in [-0.39, 0.29) is 29.8 Å². The molecule has 3 saturated carbocycles. The van der Waals surface area contributed by atoms with Gasteiger partial charge in [-0.1, -0.05) is 12.1 Å². The van der Waals surface area contributed by atoms with Crippen LogP contribution in [0.1, 0.15) is 63.0 Å². The number of aliphatic hydroxyl groups is 3. The Hall–Kier alpha value is -1.76. The van der Waals surface area contributed by atoms with Gasteiger partial charge in [0, 0.05) is 17.7 Å². The lowest BCUT2D eigenvalue weighted by Crippen LogP contribution is -2.42. The molecule has 3 fully saturated rings. The average Bonchev–Trinajstić information content (AvgIpc) is 3.39. The molecule has 5 nitrogen and oxygen atoms in total. The Morgan fingerprint density at radius 2 is 2.13 bits per heavy atom. The number of aliphatic hydroxyl groups excluding tert-OH is 2. The number of halogens is 1. The third-order valence-electron chi connectivity index (χ3n) is 9.23. The molecule has 2 aromatic rings. The van der Waals surface area contributed by atoms with Crippen molar-refractivity contribution in [3.05, 3.63) is 42.1 Å². The molecule has 31 heavy (non-hydrogen) atoms. The highest BCUT2D eigenvalue weighted by Gasteiger charge is 2.60. The molecule has 2 heterocycles. The molecule has 3 N–H and O–H groups in total. The summed E-state index contributed by atoms with van der Waals surface area (Å²) in [6, 6.07) is 4.91. The van der Waals surface area contributed by atoms with Gasteiger partial charge in [-0.05, 0) is 80.6 Å². The fraction of sp³-hybridized carbons (Fsp3) is 0.640. The Bertz CT molecular complexity index is 1010. The van der Waals surface area contributed by atoms with E-state index in [1.54, 1.807) is 18.6 Å². The lowest BCUT2D eigenvalue weighted by molar-refractivity contribution is -0.0681. The summed E-state index contributed by atoms with van der Waals surface area (Å²) in [5.74, 6) is 0.836. The average molecular weight is 427 g/mol. The standard InChI is InChI=1S/C25H31FN2O3/c26-19-3-1-2-17-21-13-27-14-28(21)20(23(17)19)9-22(30)24-10-15-4-5-25(31,6-7-29)18(12-24)16(8-15)11-24/h1-3,13-16,18,20,22,29-31H,4-12H2. The number of hydrogen-bond donors (Lipinski definition) is 3. The van der Waals surface area contributed by atoms with Gasteiger partial charge in [-0.25, -0.2) is 9.37 Å². The Kier molecular flexibility index (Phi) is 4.41. The van der Waals surface area contributed by atoms with Crippen LogP contribution in [-0.4, -0.2) is 43.2 Å². The van der Waals surface area contributed by atoms with Crippen molar-refractivity contribution in [1.82, 2.24) is 9.55 Å². The maximum atomic E-state index is 14.9. The molecule has 1 aliphatic heterocycles. The van der Waals surface area contributed by atoms with Crippen LogP contribution < -0.4 is 0 Å². The van der Waals surface area contributed by atoms with E-state index in [2.05, 4.69) is 4.98 Å². The summed E-state index contributed by atoms with van der Waals surface area (Å²) < 4.78 is 16.9. The number of rotatable bonds is 5. The number of benzene rings is 1. The Balaban J connectivity index is 1.32. The van der Waals surface area contributed by atoms with E-state index in [0.717, 1.165) is 49.8 Å². The predicted octanol–water partition coefficient (Wildman–Crippen LogP) is 3.67. The second kappa shape index (κ2) is 6.87. The number of imidazole rings is 1. The van der Waals surface area contributed by atoms with Gasteiger partial charge in [0.1, 0.15) is 5.82 Å². The van der Waals surface area contributed by atoms with E-state index < -0.39 is 11.7 Å². The van der Waals surface area contributed by atoms with Crippen molar-refractivity contribution in [2.24, 2.45) is 23.2 Å². The second-order valence-electron chi connectivity index (χ2n) is 10.7. The molecule has 6 heteroatoms. The summed E-state index contributed by atoms with van der Waals surface area (Å²) in [7, 11) is 0. The summed E-state index contributed by atoms with van der Waals surface area (Å²) >= 11 is 0. The number of nitrogens with zero attached hydrogens (tertiary/aromatic N) is 2. The Morgan fingerprint density at radius 3 is 2.97 bits per heavy atom.